The Balaban J connectivity index is 2.88. The van der Waals surface area contributed by atoms with Crippen LogP contribution in [0.25, 0.3) is 6.08 Å². The highest BCUT2D eigenvalue weighted by Crippen LogP contribution is 2.09. The van der Waals surface area contributed by atoms with Crippen LogP contribution >= 0.6 is 11.3 Å². The zero-order chi connectivity index (χ0) is 10.6. The molecule has 1 heterocycles. The van der Waals surface area contributed by atoms with Crippen molar-refractivity contribution in [2.24, 2.45) is 0 Å². The summed E-state index contributed by atoms with van der Waals surface area (Å²) < 4.78 is 0. The number of rotatable bonds is 3. The van der Waals surface area contributed by atoms with Crippen LogP contribution in [0.15, 0.2) is 22.5 Å². The number of amides is 1. The van der Waals surface area contributed by atoms with Gasteiger partial charge in [0, 0.05) is 6.92 Å². The molecule has 0 aliphatic rings. The molecule has 14 heavy (non-hydrogen) atoms. The third-order valence-corrected chi connectivity index (χ3v) is 2.10. The Kier molecular flexibility index (Phi) is 3.41. The normalized spacial score (nSPS) is 11.1. The molecule has 0 aliphatic heterocycles. The molecule has 0 atom stereocenters. The van der Waals surface area contributed by atoms with E-state index in [1.54, 1.807) is 11.4 Å². The average molecular weight is 211 g/mol. The molecule has 5 heteroatoms. The van der Waals surface area contributed by atoms with Crippen LogP contribution in [0.1, 0.15) is 12.5 Å². The lowest BCUT2D eigenvalue weighted by Gasteiger charge is -2.01. The summed E-state index contributed by atoms with van der Waals surface area (Å²) in [6.07, 6.45) is 1.42. The Labute approximate surface area is 84.9 Å². The topological polar surface area (TPSA) is 66.4 Å². The smallest absolute Gasteiger partial charge is 0.352 e. The van der Waals surface area contributed by atoms with Gasteiger partial charge in [-0.15, -0.1) is 0 Å². The van der Waals surface area contributed by atoms with Crippen LogP contribution < -0.4 is 5.32 Å². The Morgan fingerprint density at radius 1 is 1.57 bits per heavy atom. The van der Waals surface area contributed by atoms with Crippen LogP contribution in [0.5, 0.6) is 0 Å². The summed E-state index contributed by atoms with van der Waals surface area (Å²) >= 11 is 1.46. The van der Waals surface area contributed by atoms with Crippen molar-refractivity contribution in [1.82, 2.24) is 5.32 Å². The van der Waals surface area contributed by atoms with Gasteiger partial charge >= 0.3 is 5.97 Å². The molecule has 1 aromatic heterocycles. The summed E-state index contributed by atoms with van der Waals surface area (Å²) in [4.78, 5) is 21.4. The van der Waals surface area contributed by atoms with E-state index in [0.29, 0.717) is 0 Å². The van der Waals surface area contributed by atoms with Crippen molar-refractivity contribution in [3.8, 4) is 0 Å². The van der Waals surface area contributed by atoms with E-state index >= 15 is 0 Å². The number of nitrogens with one attached hydrogen (secondary N) is 1. The van der Waals surface area contributed by atoms with Gasteiger partial charge in [-0.25, -0.2) is 4.79 Å². The lowest BCUT2D eigenvalue weighted by Crippen LogP contribution is -2.24. The van der Waals surface area contributed by atoms with E-state index in [-0.39, 0.29) is 5.70 Å². The van der Waals surface area contributed by atoms with E-state index in [1.807, 2.05) is 5.38 Å². The van der Waals surface area contributed by atoms with Gasteiger partial charge in [-0.2, -0.15) is 11.3 Å². The van der Waals surface area contributed by atoms with Crippen molar-refractivity contribution in [3.63, 3.8) is 0 Å². The third kappa shape index (κ3) is 3.02. The predicted octanol–water partition coefficient (Wildman–Crippen LogP) is 1.31. The maximum absolute atomic E-state index is 10.7. The van der Waals surface area contributed by atoms with E-state index in [9.17, 15) is 9.59 Å². The molecule has 4 nitrogen and oxygen atoms in total. The monoisotopic (exact) mass is 211 g/mol. The van der Waals surface area contributed by atoms with Gasteiger partial charge in [-0.1, -0.05) is 0 Å². The fourth-order valence-electron chi connectivity index (χ4n) is 0.865. The molecule has 0 fully saturated rings. The highest BCUT2D eigenvalue weighted by Gasteiger charge is 2.08. The largest absolute Gasteiger partial charge is 0.477 e. The van der Waals surface area contributed by atoms with Crippen molar-refractivity contribution in [2.45, 2.75) is 6.92 Å². The van der Waals surface area contributed by atoms with E-state index in [0.717, 1.165) is 5.56 Å². The van der Waals surface area contributed by atoms with Crippen LogP contribution in [0.3, 0.4) is 0 Å². The maximum atomic E-state index is 10.7. The lowest BCUT2D eigenvalue weighted by molar-refractivity contribution is -0.134. The first-order valence-corrected chi connectivity index (χ1v) is 4.78. The molecule has 0 unspecified atom stereocenters. The second-order valence-corrected chi connectivity index (χ2v) is 3.38. The van der Waals surface area contributed by atoms with Crippen molar-refractivity contribution in [2.75, 3.05) is 0 Å². The minimum Gasteiger partial charge on any atom is -0.477 e. The van der Waals surface area contributed by atoms with Gasteiger partial charge < -0.3 is 10.4 Å². The van der Waals surface area contributed by atoms with Crippen LogP contribution in [0.2, 0.25) is 0 Å². The number of hydrogen-bond donors (Lipinski definition) is 2. The number of carbonyl (C=O) groups excluding carboxylic acids is 1. The van der Waals surface area contributed by atoms with Gasteiger partial charge in [-0.05, 0) is 28.5 Å². The van der Waals surface area contributed by atoms with Crippen LogP contribution in [0, 0.1) is 0 Å². The van der Waals surface area contributed by atoms with Gasteiger partial charge in [0.1, 0.15) is 5.70 Å². The number of aliphatic carboxylic acids is 1. The molecule has 2 N–H and O–H groups in total. The number of carboxylic acids is 1. The summed E-state index contributed by atoms with van der Waals surface area (Å²) in [5, 5.41) is 14.6. The number of hydrogen-bond acceptors (Lipinski definition) is 3. The number of carboxylic acid groups (broad SMARTS) is 1. The summed E-state index contributed by atoms with van der Waals surface area (Å²) in [5.74, 6) is -1.54. The Morgan fingerprint density at radius 3 is 2.71 bits per heavy atom. The van der Waals surface area contributed by atoms with Crippen molar-refractivity contribution in [3.05, 3.63) is 28.1 Å². The Bertz CT molecular complexity index is 367. The Hall–Kier alpha value is -1.62. The Morgan fingerprint density at radius 2 is 2.29 bits per heavy atom. The molecule has 0 saturated carbocycles. The number of thiophene rings is 1. The fourth-order valence-corrected chi connectivity index (χ4v) is 1.48. The van der Waals surface area contributed by atoms with Crippen LogP contribution in [-0.2, 0) is 9.59 Å². The second kappa shape index (κ2) is 4.57. The first-order valence-electron chi connectivity index (χ1n) is 3.84. The van der Waals surface area contributed by atoms with Crippen LogP contribution in [0.4, 0.5) is 0 Å². The zero-order valence-electron chi connectivity index (χ0n) is 7.48. The highest BCUT2D eigenvalue weighted by molar-refractivity contribution is 7.08. The van der Waals surface area contributed by atoms with Gasteiger partial charge in [0.2, 0.25) is 5.91 Å². The lowest BCUT2D eigenvalue weighted by atomic mass is 10.2. The van der Waals surface area contributed by atoms with Crippen LogP contribution in [-0.4, -0.2) is 17.0 Å². The molecule has 0 radical (unpaired) electrons. The van der Waals surface area contributed by atoms with Gasteiger partial charge in [-0.3, -0.25) is 4.79 Å². The first-order chi connectivity index (χ1) is 6.59. The maximum Gasteiger partial charge on any atom is 0.352 e. The molecule has 0 aliphatic carbocycles. The average Bonchev–Trinajstić information content (AvgIpc) is 2.54. The minimum atomic E-state index is -1.15. The molecule has 0 saturated heterocycles. The van der Waals surface area contributed by atoms with Gasteiger partial charge in [0.05, 0.1) is 0 Å². The van der Waals surface area contributed by atoms with Gasteiger partial charge in [0.15, 0.2) is 0 Å². The third-order valence-electron chi connectivity index (χ3n) is 1.40. The quantitative estimate of drug-likeness (QED) is 0.741. The predicted molar refractivity (Wildman–Crippen MR) is 53.7 cm³/mol. The SMILES string of the molecule is CC(=O)N/C(=C\c1ccsc1)C(=O)O. The first kappa shape index (κ1) is 10.5. The second-order valence-electron chi connectivity index (χ2n) is 2.60. The molecule has 74 valence electrons. The summed E-state index contributed by atoms with van der Waals surface area (Å²) in [5.41, 5.74) is 0.650. The van der Waals surface area contributed by atoms with Gasteiger partial charge in [0.25, 0.3) is 0 Å². The van der Waals surface area contributed by atoms with Crippen molar-refractivity contribution < 1.29 is 14.7 Å². The highest BCUT2D eigenvalue weighted by atomic mass is 32.1. The molecule has 1 aromatic rings. The molecular weight excluding hydrogens is 202 g/mol. The molecule has 0 spiro atoms. The summed E-state index contributed by atoms with van der Waals surface area (Å²) in [6, 6.07) is 1.77. The molecule has 1 amide bonds. The minimum absolute atomic E-state index is 0.115. The molecule has 0 aromatic carbocycles. The molecule has 0 bridgehead atoms. The summed E-state index contributed by atoms with van der Waals surface area (Å²) in [7, 11) is 0. The van der Waals surface area contributed by atoms with E-state index < -0.39 is 11.9 Å². The van der Waals surface area contributed by atoms with E-state index in [4.69, 9.17) is 5.11 Å². The van der Waals surface area contributed by atoms with E-state index in [2.05, 4.69) is 5.32 Å². The molecule has 1 rings (SSSR count). The molecular formula is C9H9NO3S. The van der Waals surface area contributed by atoms with Crippen molar-refractivity contribution >= 4 is 29.3 Å². The standard InChI is InChI=1S/C9H9NO3S/c1-6(11)10-8(9(12)13)4-7-2-3-14-5-7/h2-5H,1H3,(H,10,11)(H,12,13)/b8-4-. The zero-order valence-corrected chi connectivity index (χ0v) is 8.30. The number of carbonyl (C=O) groups is 2. The summed E-state index contributed by atoms with van der Waals surface area (Å²) in [6.45, 7) is 1.27. The van der Waals surface area contributed by atoms with E-state index in [1.165, 1.54) is 24.3 Å². The van der Waals surface area contributed by atoms with Crippen molar-refractivity contribution in [1.29, 1.82) is 0 Å². The fraction of sp³-hybridized carbons (Fsp3) is 0.111.